The predicted octanol–water partition coefficient (Wildman–Crippen LogP) is 4.45. The molecule has 0 saturated carbocycles. The van der Waals surface area contributed by atoms with Gasteiger partial charge in [-0.25, -0.2) is 4.98 Å². The molecular weight excluding hydrogens is 424 g/mol. The summed E-state index contributed by atoms with van der Waals surface area (Å²) in [5.41, 5.74) is 2.51. The molecule has 6 nitrogen and oxygen atoms in total. The Balaban J connectivity index is 1.41. The predicted molar refractivity (Wildman–Crippen MR) is 127 cm³/mol. The number of hydrogen-bond donors (Lipinski definition) is 1. The number of carbonyl (C=O) groups excluding carboxylic acids is 2. The van der Waals surface area contributed by atoms with E-state index >= 15 is 0 Å². The molecule has 0 radical (unpaired) electrons. The molecule has 7 heteroatoms. The Hall–Kier alpha value is -2.86. The van der Waals surface area contributed by atoms with Gasteiger partial charge in [0.15, 0.2) is 0 Å². The molecule has 4 rings (SSSR count). The number of benzene rings is 2. The number of carbonyl (C=O) groups is 2. The zero-order valence-corrected chi connectivity index (χ0v) is 19.0. The lowest BCUT2D eigenvalue weighted by molar-refractivity contribution is -0.131. The third-order valence-corrected chi connectivity index (χ3v) is 6.23. The SMILES string of the molecule is O=C(NCCc1nc2ccccc2n1CCC(=O)N1CCCCCC1)c1ccc(Cl)cc1. The summed E-state index contributed by atoms with van der Waals surface area (Å²) in [5.74, 6) is 0.957. The van der Waals surface area contributed by atoms with Gasteiger partial charge in [0.05, 0.1) is 11.0 Å². The zero-order valence-electron chi connectivity index (χ0n) is 18.2. The highest BCUT2D eigenvalue weighted by Gasteiger charge is 2.17. The molecule has 0 bridgehead atoms. The van der Waals surface area contributed by atoms with Crippen LogP contribution in [0.25, 0.3) is 11.0 Å². The molecule has 3 aromatic rings. The number of nitrogens with zero attached hydrogens (tertiary/aromatic N) is 3. The molecule has 32 heavy (non-hydrogen) atoms. The fourth-order valence-corrected chi connectivity index (χ4v) is 4.37. The Kier molecular flexibility index (Phi) is 7.43. The first-order valence-corrected chi connectivity index (χ1v) is 11.8. The van der Waals surface area contributed by atoms with Gasteiger partial charge in [0.25, 0.3) is 5.91 Å². The number of nitrogens with one attached hydrogen (secondary N) is 1. The molecule has 168 valence electrons. The van der Waals surface area contributed by atoms with Crippen molar-refractivity contribution in [1.82, 2.24) is 19.8 Å². The largest absolute Gasteiger partial charge is 0.352 e. The van der Waals surface area contributed by atoms with Crippen LogP contribution in [-0.2, 0) is 17.8 Å². The van der Waals surface area contributed by atoms with Crippen LogP contribution >= 0.6 is 11.6 Å². The molecule has 1 aromatic heterocycles. The molecule has 1 fully saturated rings. The first kappa shape index (κ1) is 22.3. The van der Waals surface area contributed by atoms with Crippen LogP contribution in [0.5, 0.6) is 0 Å². The second-order valence-corrected chi connectivity index (χ2v) is 8.66. The van der Waals surface area contributed by atoms with E-state index in [0.717, 1.165) is 42.8 Å². The molecule has 2 amide bonds. The van der Waals surface area contributed by atoms with E-state index in [0.29, 0.717) is 36.5 Å². The maximum atomic E-state index is 12.8. The smallest absolute Gasteiger partial charge is 0.251 e. The van der Waals surface area contributed by atoms with E-state index < -0.39 is 0 Å². The standard InChI is InChI=1S/C25H29ClN4O2/c26-20-11-9-19(10-12-20)25(32)27-15-13-23-28-21-7-3-4-8-22(21)30(23)18-14-24(31)29-16-5-1-2-6-17-29/h3-4,7-12H,1-2,5-6,13-18H2,(H,27,32). The summed E-state index contributed by atoms with van der Waals surface area (Å²) in [6, 6.07) is 14.8. The lowest BCUT2D eigenvalue weighted by atomic mass is 10.2. The summed E-state index contributed by atoms with van der Waals surface area (Å²) >= 11 is 5.90. The van der Waals surface area contributed by atoms with Crippen molar-refractivity contribution in [3.05, 3.63) is 64.9 Å². The van der Waals surface area contributed by atoms with Gasteiger partial charge in [-0.2, -0.15) is 0 Å². The van der Waals surface area contributed by atoms with Crippen LogP contribution in [0.3, 0.4) is 0 Å². The van der Waals surface area contributed by atoms with Crippen molar-refractivity contribution in [2.45, 2.75) is 45.1 Å². The second kappa shape index (κ2) is 10.6. The molecule has 0 atom stereocenters. The van der Waals surface area contributed by atoms with Crippen molar-refractivity contribution in [2.75, 3.05) is 19.6 Å². The second-order valence-electron chi connectivity index (χ2n) is 8.23. The van der Waals surface area contributed by atoms with Gasteiger partial charge in [-0.3, -0.25) is 9.59 Å². The van der Waals surface area contributed by atoms with Crippen molar-refractivity contribution in [2.24, 2.45) is 0 Å². The number of rotatable bonds is 7. The number of imidazole rings is 1. The van der Waals surface area contributed by atoms with Crippen LogP contribution in [0.2, 0.25) is 5.02 Å². The number of amides is 2. The van der Waals surface area contributed by atoms with Crippen molar-refractivity contribution in [1.29, 1.82) is 0 Å². The number of halogens is 1. The summed E-state index contributed by atoms with van der Waals surface area (Å²) in [6.45, 7) is 2.79. The van der Waals surface area contributed by atoms with Gasteiger partial charge in [-0.05, 0) is 49.2 Å². The molecule has 1 saturated heterocycles. The van der Waals surface area contributed by atoms with E-state index in [1.807, 2.05) is 29.2 Å². The van der Waals surface area contributed by atoms with Gasteiger partial charge in [-0.1, -0.05) is 36.6 Å². The van der Waals surface area contributed by atoms with Gasteiger partial charge in [0, 0.05) is 49.6 Å². The van der Waals surface area contributed by atoms with E-state index in [1.54, 1.807) is 24.3 Å². The summed E-state index contributed by atoms with van der Waals surface area (Å²) in [4.78, 5) is 32.0. The monoisotopic (exact) mass is 452 g/mol. The van der Waals surface area contributed by atoms with Gasteiger partial charge < -0.3 is 14.8 Å². The number of hydrogen-bond acceptors (Lipinski definition) is 3. The van der Waals surface area contributed by atoms with Crippen LogP contribution in [0.4, 0.5) is 0 Å². The summed E-state index contributed by atoms with van der Waals surface area (Å²) in [5, 5.41) is 3.55. The van der Waals surface area contributed by atoms with Crippen molar-refractivity contribution >= 4 is 34.4 Å². The molecule has 0 aliphatic carbocycles. The van der Waals surface area contributed by atoms with Crippen molar-refractivity contribution in [3.63, 3.8) is 0 Å². The highest BCUT2D eigenvalue weighted by Crippen LogP contribution is 2.18. The van der Waals surface area contributed by atoms with Crippen LogP contribution in [-0.4, -0.2) is 45.9 Å². The molecular formula is C25H29ClN4O2. The Labute approximate surface area is 193 Å². The number of para-hydroxylation sites is 2. The van der Waals surface area contributed by atoms with Gasteiger partial charge in [0.2, 0.25) is 5.91 Å². The molecule has 1 aliphatic rings. The van der Waals surface area contributed by atoms with Crippen molar-refractivity contribution < 1.29 is 9.59 Å². The minimum Gasteiger partial charge on any atom is -0.352 e. The molecule has 1 N–H and O–H groups in total. The van der Waals surface area contributed by atoms with Crippen molar-refractivity contribution in [3.8, 4) is 0 Å². The lowest BCUT2D eigenvalue weighted by Crippen LogP contribution is -2.32. The van der Waals surface area contributed by atoms with E-state index in [9.17, 15) is 9.59 Å². The molecule has 2 aromatic carbocycles. The molecule has 0 unspecified atom stereocenters. The number of aryl methyl sites for hydroxylation is 1. The quantitative estimate of drug-likeness (QED) is 0.575. The highest BCUT2D eigenvalue weighted by molar-refractivity contribution is 6.30. The Morgan fingerprint density at radius 2 is 1.69 bits per heavy atom. The van der Waals surface area contributed by atoms with E-state index in [2.05, 4.69) is 9.88 Å². The summed E-state index contributed by atoms with van der Waals surface area (Å²) < 4.78 is 2.12. The zero-order chi connectivity index (χ0) is 22.3. The van der Waals surface area contributed by atoms with Crippen LogP contribution in [0, 0.1) is 0 Å². The normalized spacial score (nSPS) is 14.3. The van der Waals surface area contributed by atoms with Gasteiger partial charge >= 0.3 is 0 Å². The first-order valence-electron chi connectivity index (χ1n) is 11.4. The van der Waals surface area contributed by atoms with E-state index in [4.69, 9.17) is 16.6 Å². The fourth-order valence-electron chi connectivity index (χ4n) is 4.24. The van der Waals surface area contributed by atoms with Crippen LogP contribution < -0.4 is 5.32 Å². The molecule has 2 heterocycles. The highest BCUT2D eigenvalue weighted by atomic mass is 35.5. The maximum Gasteiger partial charge on any atom is 0.251 e. The van der Waals surface area contributed by atoms with E-state index in [1.165, 1.54) is 12.8 Å². The van der Waals surface area contributed by atoms with Gasteiger partial charge in [-0.15, -0.1) is 0 Å². The first-order chi connectivity index (χ1) is 15.6. The third-order valence-electron chi connectivity index (χ3n) is 5.98. The minimum atomic E-state index is -0.138. The Morgan fingerprint density at radius 3 is 2.44 bits per heavy atom. The Morgan fingerprint density at radius 1 is 0.969 bits per heavy atom. The van der Waals surface area contributed by atoms with Crippen LogP contribution in [0.15, 0.2) is 48.5 Å². The minimum absolute atomic E-state index is 0.138. The number of fused-ring (bicyclic) bond motifs is 1. The third kappa shape index (κ3) is 5.49. The molecule has 1 aliphatic heterocycles. The van der Waals surface area contributed by atoms with Crippen LogP contribution in [0.1, 0.15) is 48.3 Å². The van der Waals surface area contributed by atoms with E-state index in [-0.39, 0.29) is 11.8 Å². The summed E-state index contributed by atoms with van der Waals surface area (Å²) in [7, 11) is 0. The number of likely N-dealkylation sites (tertiary alicyclic amines) is 1. The fraction of sp³-hybridized carbons (Fsp3) is 0.400. The lowest BCUT2D eigenvalue weighted by Gasteiger charge is -2.20. The average Bonchev–Trinajstić information content (AvgIpc) is 2.96. The average molecular weight is 453 g/mol. The molecule has 0 spiro atoms. The summed E-state index contributed by atoms with van der Waals surface area (Å²) in [6.07, 6.45) is 5.66. The Bertz CT molecular complexity index is 1070. The number of aromatic nitrogens is 2. The topological polar surface area (TPSA) is 67.2 Å². The van der Waals surface area contributed by atoms with Gasteiger partial charge in [0.1, 0.15) is 5.82 Å². The maximum absolute atomic E-state index is 12.8.